The summed E-state index contributed by atoms with van der Waals surface area (Å²) in [7, 11) is -6.75. The third kappa shape index (κ3) is 4.90. The molecule has 80 valence electrons. The zero-order valence-corrected chi connectivity index (χ0v) is 10.4. The van der Waals surface area contributed by atoms with Crippen LogP contribution in [-0.2, 0) is 8.78 Å². The van der Waals surface area contributed by atoms with Gasteiger partial charge in [0, 0.05) is 0 Å². The van der Waals surface area contributed by atoms with Crippen LogP contribution < -0.4 is 0 Å². The lowest BCUT2D eigenvalue weighted by Gasteiger charge is -2.33. The van der Waals surface area contributed by atoms with Crippen molar-refractivity contribution >= 4 is 16.3 Å². The second-order valence-corrected chi connectivity index (χ2v) is 8.44. The van der Waals surface area contributed by atoms with E-state index in [1.165, 1.54) is 0 Å². The number of nitrogens with zero attached hydrogens (tertiary/aromatic N) is 1. The minimum atomic E-state index is -4.35. The van der Waals surface area contributed by atoms with Gasteiger partial charge < -0.3 is 18.6 Å². The molecule has 0 aliphatic heterocycles. The number of rotatable bonds is 5. The van der Waals surface area contributed by atoms with Crippen LogP contribution in [0.3, 0.4) is 0 Å². The van der Waals surface area contributed by atoms with Crippen LogP contribution in [0.25, 0.3) is 0 Å². The maximum Gasteiger partial charge on any atom is 0.460 e. The Balaban J connectivity index is 4.45. The van der Waals surface area contributed by atoms with Crippen LogP contribution in [-0.4, -0.2) is 35.9 Å². The molecular weight excluding hydrogens is 209 g/mol. The van der Waals surface area contributed by atoms with Gasteiger partial charge in [0.1, 0.15) is 0 Å². The fraction of sp³-hybridized carbons (Fsp3) is 1.00. The standard InChI is InChI=1S/C6H18NO4PSi/c1-5-7(6-2)13(3,4)11-12(8,9)10/h5-6H2,1-4H3,(H2,8,9,10). The second kappa shape index (κ2) is 4.68. The molecule has 0 spiro atoms. The van der Waals surface area contributed by atoms with Gasteiger partial charge in [-0.2, -0.15) is 0 Å². The summed E-state index contributed by atoms with van der Waals surface area (Å²) in [5.41, 5.74) is 0. The summed E-state index contributed by atoms with van der Waals surface area (Å²) < 4.78 is 17.4. The van der Waals surface area contributed by atoms with Gasteiger partial charge in [-0.25, -0.2) is 4.57 Å². The van der Waals surface area contributed by atoms with Crippen molar-refractivity contribution in [2.45, 2.75) is 26.9 Å². The first kappa shape index (κ1) is 13.3. The van der Waals surface area contributed by atoms with E-state index in [0.29, 0.717) is 0 Å². The van der Waals surface area contributed by atoms with Crippen LogP contribution in [0.2, 0.25) is 13.1 Å². The van der Waals surface area contributed by atoms with Gasteiger partial charge in [0.25, 0.3) is 8.48 Å². The Morgan fingerprint density at radius 3 is 1.92 bits per heavy atom. The highest BCUT2D eigenvalue weighted by Gasteiger charge is 2.36. The summed E-state index contributed by atoms with van der Waals surface area (Å²) in [4.78, 5) is 17.4. The van der Waals surface area contributed by atoms with E-state index in [1.807, 2.05) is 18.4 Å². The molecule has 7 heteroatoms. The van der Waals surface area contributed by atoms with E-state index in [2.05, 4.69) is 0 Å². The van der Waals surface area contributed by atoms with Crippen molar-refractivity contribution in [2.24, 2.45) is 0 Å². The largest absolute Gasteiger partial charge is 0.460 e. The Morgan fingerprint density at radius 1 is 1.31 bits per heavy atom. The Bertz CT molecular complexity index is 201. The number of hydrogen-bond donors (Lipinski definition) is 2. The molecule has 0 aromatic heterocycles. The molecule has 0 saturated carbocycles. The van der Waals surface area contributed by atoms with E-state index in [4.69, 9.17) is 14.0 Å². The smallest absolute Gasteiger partial charge is 0.315 e. The zero-order chi connectivity index (χ0) is 10.7. The van der Waals surface area contributed by atoms with Crippen molar-refractivity contribution in [3.63, 3.8) is 0 Å². The molecule has 0 atom stereocenters. The maximum absolute atomic E-state index is 10.7. The second-order valence-electron chi connectivity index (χ2n) is 3.20. The first-order valence-corrected chi connectivity index (χ1v) is 8.63. The quantitative estimate of drug-likeness (QED) is 0.544. The fourth-order valence-corrected chi connectivity index (χ4v) is 5.65. The van der Waals surface area contributed by atoms with Crippen LogP contribution in [0, 0.1) is 0 Å². The van der Waals surface area contributed by atoms with Crippen molar-refractivity contribution in [3.05, 3.63) is 0 Å². The molecule has 0 amide bonds. The van der Waals surface area contributed by atoms with Gasteiger partial charge in [0.05, 0.1) is 0 Å². The fourth-order valence-electron chi connectivity index (χ4n) is 1.33. The lowest BCUT2D eigenvalue weighted by Crippen LogP contribution is -2.50. The monoisotopic (exact) mass is 227 g/mol. The minimum Gasteiger partial charge on any atom is -0.315 e. The highest BCUT2D eigenvalue weighted by atomic mass is 31.2. The van der Waals surface area contributed by atoms with E-state index < -0.39 is 16.3 Å². The van der Waals surface area contributed by atoms with Crippen molar-refractivity contribution in [1.29, 1.82) is 0 Å². The molecule has 0 unspecified atom stereocenters. The van der Waals surface area contributed by atoms with E-state index in [9.17, 15) is 4.57 Å². The van der Waals surface area contributed by atoms with Crippen LogP contribution in [0.1, 0.15) is 13.8 Å². The molecule has 5 nitrogen and oxygen atoms in total. The highest BCUT2D eigenvalue weighted by molar-refractivity contribution is 7.48. The average molecular weight is 227 g/mol. The molecule has 0 aliphatic rings. The Labute approximate surface area is 80.2 Å². The lowest BCUT2D eigenvalue weighted by atomic mass is 10.7. The van der Waals surface area contributed by atoms with Crippen molar-refractivity contribution in [3.8, 4) is 0 Å². The summed E-state index contributed by atoms with van der Waals surface area (Å²) in [6, 6.07) is 0. The van der Waals surface area contributed by atoms with Gasteiger partial charge in [-0.05, 0) is 26.2 Å². The van der Waals surface area contributed by atoms with Crippen molar-refractivity contribution in [1.82, 2.24) is 4.57 Å². The van der Waals surface area contributed by atoms with Gasteiger partial charge in [-0.3, -0.25) is 0 Å². The molecule has 2 N–H and O–H groups in total. The highest BCUT2D eigenvalue weighted by Crippen LogP contribution is 2.40. The molecule has 0 aromatic rings. The normalized spacial score (nSPS) is 13.8. The molecule has 0 heterocycles. The SMILES string of the molecule is CCN(CC)[Si](C)(C)OP(=O)(O)O. The molecule has 0 radical (unpaired) electrons. The van der Waals surface area contributed by atoms with Gasteiger partial charge in [0.15, 0.2) is 0 Å². The Morgan fingerprint density at radius 2 is 1.69 bits per heavy atom. The molecule has 0 aromatic carbocycles. The van der Waals surface area contributed by atoms with E-state index in [-0.39, 0.29) is 0 Å². The number of phosphoric acid groups is 1. The topological polar surface area (TPSA) is 70.0 Å². The van der Waals surface area contributed by atoms with Crippen molar-refractivity contribution < 1.29 is 18.6 Å². The van der Waals surface area contributed by atoms with Crippen LogP contribution in [0.15, 0.2) is 0 Å². The van der Waals surface area contributed by atoms with Gasteiger partial charge >= 0.3 is 7.82 Å². The predicted octanol–water partition coefficient (Wildman–Crippen LogP) is 1.14. The summed E-state index contributed by atoms with van der Waals surface area (Å²) in [6.45, 7) is 8.94. The summed E-state index contributed by atoms with van der Waals surface area (Å²) in [5, 5.41) is 0. The lowest BCUT2D eigenvalue weighted by molar-refractivity contribution is 0.258. The summed E-state index contributed by atoms with van der Waals surface area (Å²) >= 11 is 0. The first-order chi connectivity index (χ1) is 5.73. The molecule has 0 fully saturated rings. The minimum absolute atomic E-state index is 0.746. The Hall–Kier alpha value is 0.287. The van der Waals surface area contributed by atoms with Crippen LogP contribution in [0.5, 0.6) is 0 Å². The van der Waals surface area contributed by atoms with E-state index >= 15 is 0 Å². The van der Waals surface area contributed by atoms with Crippen LogP contribution >= 0.6 is 7.82 Å². The third-order valence-electron chi connectivity index (χ3n) is 1.87. The van der Waals surface area contributed by atoms with Gasteiger partial charge in [0.2, 0.25) is 0 Å². The third-order valence-corrected chi connectivity index (χ3v) is 6.76. The predicted molar refractivity (Wildman–Crippen MR) is 53.5 cm³/mol. The first-order valence-electron chi connectivity index (χ1n) is 4.24. The molecule has 0 saturated heterocycles. The molecule has 0 bridgehead atoms. The van der Waals surface area contributed by atoms with Gasteiger partial charge in [-0.15, -0.1) is 0 Å². The molecular formula is C6H18NO4PSi. The number of hydrogen-bond acceptors (Lipinski definition) is 3. The summed E-state index contributed by atoms with van der Waals surface area (Å²) in [6.07, 6.45) is 0. The molecule has 0 aliphatic carbocycles. The molecule has 0 rings (SSSR count). The van der Waals surface area contributed by atoms with Gasteiger partial charge in [-0.1, -0.05) is 13.8 Å². The molecule has 13 heavy (non-hydrogen) atoms. The van der Waals surface area contributed by atoms with E-state index in [1.54, 1.807) is 13.1 Å². The van der Waals surface area contributed by atoms with Crippen molar-refractivity contribution in [2.75, 3.05) is 13.1 Å². The maximum atomic E-state index is 10.7. The van der Waals surface area contributed by atoms with Crippen LogP contribution in [0.4, 0.5) is 0 Å². The Kier molecular flexibility index (Phi) is 4.78. The summed E-state index contributed by atoms with van der Waals surface area (Å²) in [5.74, 6) is 0. The zero-order valence-electron chi connectivity index (χ0n) is 8.52. The average Bonchev–Trinajstić information content (AvgIpc) is 1.83. The van der Waals surface area contributed by atoms with E-state index in [0.717, 1.165) is 13.1 Å².